The van der Waals surface area contributed by atoms with Crippen LogP contribution in [-0.4, -0.2) is 48.7 Å². The summed E-state index contributed by atoms with van der Waals surface area (Å²) in [4.78, 5) is 35.0. The Labute approximate surface area is 124 Å². The minimum Gasteiger partial charge on any atom is -0.458 e. The van der Waals surface area contributed by atoms with Gasteiger partial charge in [0.1, 0.15) is 17.7 Å². The van der Waals surface area contributed by atoms with Crippen molar-refractivity contribution >= 4 is 23.9 Å². The van der Waals surface area contributed by atoms with E-state index in [9.17, 15) is 14.4 Å². The van der Waals surface area contributed by atoms with Gasteiger partial charge in [-0.2, -0.15) is 0 Å². The first-order valence-corrected chi connectivity index (χ1v) is 6.70. The molecular formula is C14H24N2O5. The monoisotopic (exact) mass is 300 g/mol. The molecule has 0 heterocycles. The molecule has 7 nitrogen and oxygen atoms in total. The Morgan fingerprint density at radius 2 is 1.86 bits per heavy atom. The van der Waals surface area contributed by atoms with E-state index in [1.165, 1.54) is 7.11 Å². The average Bonchev–Trinajstić information content (AvgIpc) is 2.39. The third kappa shape index (κ3) is 8.19. The molecule has 0 aromatic rings. The topological polar surface area (TPSA) is 106 Å². The second-order valence-electron chi connectivity index (χ2n) is 5.62. The highest BCUT2D eigenvalue weighted by molar-refractivity contribution is 6.26. The van der Waals surface area contributed by atoms with Gasteiger partial charge in [-0.25, -0.2) is 4.79 Å². The van der Waals surface area contributed by atoms with Crippen molar-refractivity contribution < 1.29 is 23.9 Å². The van der Waals surface area contributed by atoms with Crippen molar-refractivity contribution in [1.29, 1.82) is 5.41 Å². The van der Waals surface area contributed by atoms with Crippen LogP contribution < -0.4 is 5.32 Å². The number of ketones is 1. The molecule has 0 saturated heterocycles. The number of amides is 1. The van der Waals surface area contributed by atoms with E-state index in [1.807, 2.05) is 0 Å². The number of methoxy groups -OCH3 is 1. The van der Waals surface area contributed by atoms with Crippen molar-refractivity contribution in [3.05, 3.63) is 0 Å². The highest BCUT2D eigenvalue weighted by atomic mass is 16.6. The van der Waals surface area contributed by atoms with E-state index in [1.54, 1.807) is 27.7 Å². The van der Waals surface area contributed by atoms with Crippen LogP contribution in [0.5, 0.6) is 0 Å². The summed E-state index contributed by atoms with van der Waals surface area (Å²) in [7, 11) is 1.38. The van der Waals surface area contributed by atoms with Gasteiger partial charge in [0.15, 0.2) is 5.78 Å². The zero-order valence-corrected chi connectivity index (χ0v) is 13.2. The molecule has 21 heavy (non-hydrogen) atoms. The van der Waals surface area contributed by atoms with E-state index in [-0.39, 0.29) is 12.8 Å². The summed E-state index contributed by atoms with van der Waals surface area (Å²) in [6.07, 6.45) is 0.0277. The molecule has 0 spiro atoms. The van der Waals surface area contributed by atoms with Crippen LogP contribution in [0.15, 0.2) is 0 Å². The Bertz CT molecular complexity index is 401. The fraction of sp³-hybridized carbons (Fsp3) is 0.714. The maximum Gasteiger partial charge on any atom is 0.329 e. The zero-order valence-electron chi connectivity index (χ0n) is 13.2. The second-order valence-corrected chi connectivity index (χ2v) is 5.62. The number of carbonyl (C=O) groups excluding carboxylic acids is 3. The molecule has 0 aliphatic heterocycles. The summed E-state index contributed by atoms with van der Waals surface area (Å²) in [6, 6.07) is -0.946. The number of esters is 1. The Balaban J connectivity index is 4.83. The van der Waals surface area contributed by atoms with Crippen LogP contribution in [0.4, 0.5) is 0 Å². The molecule has 0 aliphatic rings. The summed E-state index contributed by atoms with van der Waals surface area (Å²) in [5.74, 6) is -1.50. The van der Waals surface area contributed by atoms with Crippen molar-refractivity contribution in [3.63, 3.8) is 0 Å². The highest BCUT2D eigenvalue weighted by Crippen LogP contribution is 2.11. The van der Waals surface area contributed by atoms with E-state index in [4.69, 9.17) is 14.9 Å². The summed E-state index contributed by atoms with van der Waals surface area (Å²) in [5, 5.41) is 9.35. The van der Waals surface area contributed by atoms with Crippen molar-refractivity contribution in [2.75, 3.05) is 7.11 Å². The Hall–Kier alpha value is -1.76. The average molecular weight is 300 g/mol. The Morgan fingerprint density at radius 1 is 1.29 bits per heavy atom. The Morgan fingerprint density at radius 3 is 2.29 bits per heavy atom. The molecule has 1 amide bonds. The minimum absolute atomic E-state index is 0.0188. The lowest BCUT2D eigenvalue weighted by atomic mass is 10.1. The van der Waals surface area contributed by atoms with E-state index < -0.39 is 35.4 Å². The van der Waals surface area contributed by atoms with Crippen molar-refractivity contribution in [2.45, 2.75) is 58.3 Å². The first-order chi connectivity index (χ1) is 9.60. The quantitative estimate of drug-likeness (QED) is 0.510. The third-order valence-corrected chi connectivity index (χ3v) is 2.57. The highest BCUT2D eigenvalue weighted by Gasteiger charge is 2.28. The molecule has 0 radical (unpaired) electrons. The van der Waals surface area contributed by atoms with Gasteiger partial charge in [0, 0.05) is 13.5 Å². The molecule has 0 saturated carbocycles. The normalized spacial score (nSPS) is 14.0. The fourth-order valence-electron chi connectivity index (χ4n) is 1.38. The Kier molecular flexibility index (Phi) is 7.80. The lowest BCUT2D eigenvalue weighted by Crippen LogP contribution is -2.47. The van der Waals surface area contributed by atoms with Crippen LogP contribution in [0.2, 0.25) is 0 Å². The van der Waals surface area contributed by atoms with Gasteiger partial charge in [0.25, 0.3) is 0 Å². The van der Waals surface area contributed by atoms with Crippen LogP contribution >= 0.6 is 0 Å². The largest absolute Gasteiger partial charge is 0.458 e. The molecular weight excluding hydrogens is 276 g/mol. The summed E-state index contributed by atoms with van der Waals surface area (Å²) in [6.45, 7) is 6.68. The number of hydrogen-bond acceptors (Lipinski definition) is 6. The van der Waals surface area contributed by atoms with Gasteiger partial charge < -0.3 is 20.2 Å². The molecule has 120 valence electrons. The van der Waals surface area contributed by atoms with Gasteiger partial charge in [0.05, 0.1) is 6.21 Å². The number of hydrogen-bond donors (Lipinski definition) is 2. The van der Waals surface area contributed by atoms with Crippen molar-refractivity contribution in [1.82, 2.24) is 5.32 Å². The smallest absolute Gasteiger partial charge is 0.329 e. The maximum atomic E-state index is 12.1. The zero-order chi connectivity index (χ0) is 16.6. The lowest BCUT2D eigenvalue weighted by molar-refractivity contribution is -0.159. The number of nitrogens with one attached hydrogen (secondary N) is 2. The molecule has 0 rings (SSSR count). The van der Waals surface area contributed by atoms with Crippen LogP contribution in [0.3, 0.4) is 0 Å². The number of rotatable bonds is 8. The number of Topliss-reactive ketones (excluding diaryl/α,β-unsaturated/α-hetero) is 1. The molecule has 2 N–H and O–H groups in total. The maximum absolute atomic E-state index is 12.1. The van der Waals surface area contributed by atoms with E-state index >= 15 is 0 Å². The first kappa shape index (κ1) is 19.2. The third-order valence-electron chi connectivity index (χ3n) is 2.57. The van der Waals surface area contributed by atoms with Crippen LogP contribution in [0, 0.1) is 5.41 Å². The van der Waals surface area contributed by atoms with Crippen LogP contribution in [0.25, 0.3) is 0 Å². The summed E-state index contributed by atoms with van der Waals surface area (Å²) in [5.41, 5.74) is -0.696. The molecule has 7 heteroatoms. The molecule has 0 bridgehead atoms. The van der Waals surface area contributed by atoms with Gasteiger partial charge in [-0.1, -0.05) is 0 Å². The van der Waals surface area contributed by atoms with E-state index in [0.717, 1.165) is 0 Å². The van der Waals surface area contributed by atoms with Crippen LogP contribution in [0.1, 0.15) is 40.5 Å². The number of carbonyl (C=O) groups is 3. The predicted octanol–water partition coefficient (Wildman–Crippen LogP) is 0.847. The molecule has 2 atom stereocenters. The van der Waals surface area contributed by atoms with Crippen LogP contribution in [-0.2, 0) is 23.9 Å². The van der Waals surface area contributed by atoms with Gasteiger partial charge in [-0.15, -0.1) is 0 Å². The molecule has 0 fully saturated rings. The summed E-state index contributed by atoms with van der Waals surface area (Å²) < 4.78 is 10.1. The van der Waals surface area contributed by atoms with Gasteiger partial charge in [-0.05, 0) is 34.1 Å². The molecule has 0 aromatic carbocycles. The van der Waals surface area contributed by atoms with Gasteiger partial charge >= 0.3 is 5.97 Å². The SMILES string of the molecule is CO[C@H](C)C(=O)N[C@@H](CCC(=O)C=N)C(=O)OC(C)(C)C. The standard InChI is InChI=1S/C14H24N2O5/c1-9(20-5)12(18)16-11(7-6-10(17)8-15)13(19)21-14(2,3)4/h8-9,11,15H,6-7H2,1-5H3,(H,16,18)/t9-,11+/m1/s1. The fourth-order valence-corrected chi connectivity index (χ4v) is 1.38. The molecule has 0 aliphatic carbocycles. The van der Waals surface area contributed by atoms with E-state index in [2.05, 4.69) is 5.32 Å². The van der Waals surface area contributed by atoms with Crippen molar-refractivity contribution in [2.24, 2.45) is 0 Å². The first-order valence-electron chi connectivity index (χ1n) is 6.70. The predicted molar refractivity (Wildman–Crippen MR) is 77.3 cm³/mol. The lowest BCUT2D eigenvalue weighted by Gasteiger charge is -2.25. The van der Waals surface area contributed by atoms with Crippen molar-refractivity contribution in [3.8, 4) is 0 Å². The van der Waals surface area contributed by atoms with Gasteiger partial charge in [-0.3, -0.25) is 9.59 Å². The van der Waals surface area contributed by atoms with E-state index in [0.29, 0.717) is 6.21 Å². The number of ether oxygens (including phenoxy) is 2. The molecule has 0 unspecified atom stereocenters. The van der Waals surface area contributed by atoms with Gasteiger partial charge in [0.2, 0.25) is 5.91 Å². The second kappa shape index (κ2) is 8.51. The minimum atomic E-state index is -0.946. The molecule has 0 aromatic heterocycles. The summed E-state index contributed by atoms with van der Waals surface area (Å²) >= 11 is 0.